The molecular weight excluding hydrogens is 496 g/mol. The molecule has 0 aliphatic carbocycles. The van der Waals surface area contributed by atoms with Crippen molar-refractivity contribution >= 4 is 50.8 Å². The highest BCUT2D eigenvalue weighted by molar-refractivity contribution is 7.17. The predicted octanol–water partition coefficient (Wildman–Crippen LogP) is 5.46. The number of hydrogen-bond acceptors (Lipinski definition) is 5. The van der Waals surface area contributed by atoms with E-state index < -0.39 is 5.54 Å². The normalized spacial score (nSPS) is 17.0. The number of halogens is 1. The highest BCUT2D eigenvalue weighted by Gasteiger charge is 2.50. The Morgan fingerprint density at radius 1 is 1.17 bits per heavy atom. The van der Waals surface area contributed by atoms with Crippen LogP contribution < -0.4 is 0 Å². The maximum atomic E-state index is 13.9. The molecule has 4 rings (SSSR count). The third-order valence-electron chi connectivity index (χ3n) is 6.75. The Hall–Kier alpha value is -2.90. The van der Waals surface area contributed by atoms with Crippen molar-refractivity contribution < 1.29 is 19.1 Å². The van der Waals surface area contributed by atoms with E-state index in [1.54, 1.807) is 34.1 Å². The van der Waals surface area contributed by atoms with Crippen molar-refractivity contribution in [3.05, 3.63) is 70.1 Å². The van der Waals surface area contributed by atoms with Crippen molar-refractivity contribution in [2.75, 3.05) is 19.7 Å². The molecule has 8 heteroatoms. The van der Waals surface area contributed by atoms with Crippen LogP contribution in [0.5, 0.6) is 0 Å². The Morgan fingerprint density at radius 2 is 1.97 bits per heavy atom. The van der Waals surface area contributed by atoms with Crippen molar-refractivity contribution in [2.24, 2.45) is 0 Å². The Balaban J connectivity index is 1.48. The van der Waals surface area contributed by atoms with Gasteiger partial charge in [0.15, 0.2) is 0 Å². The molecule has 36 heavy (non-hydrogen) atoms. The van der Waals surface area contributed by atoms with Crippen LogP contribution in [0, 0.1) is 0 Å². The SMILES string of the molecule is CCOC(=O)CCCN(Cc1cccc(Cl)c1)C(=O)C1(C)CCN1C(=O)Cc1csc2ccccc12. The summed E-state index contributed by atoms with van der Waals surface area (Å²) in [7, 11) is 0. The van der Waals surface area contributed by atoms with E-state index in [-0.39, 0.29) is 30.6 Å². The van der Waals surface area contributed by atoms with Gasteiger partial charge in [-0.15, -0.1) is 11.3 Å². The smallest absolute Gasteiger partial charge is 0.305 e. The monoisotopic (exact) mass is 526 g/mol. The zero-order valence-electron chi connectivity index (χ0n) is 20.7. The van der Waals surface area contributed by atoms with Crippen molar-refractivity contribution in [1.82, 2.24) is 9.80 Å². The van der Waals surface area contributed by atoms with E-state index in [1.807, 2.05) is 48.7 Å². The quantitative estimate of drug-likeness (QED) is 0.329. The zero-order valence-corrected chi connectivity index (χ0v) is 22.2. The largest absolute Gasteiger partial charge is 0.466 e. The minimum absolute atomic E-state index is 0.0464. The molecule has 2 amide bonds. The minimum Gasteiger partial charge on any atom is -0.466 e. The summed E-state index contributed by atoms with van der Waals surface area (Å²) in [6, 6.07) is 15.5. The number of thiophene rings is 1. The fourth-order valence-corrected chi connectivity index (χ4v) is 5.88. The number of carbonyl (C=O) groups is 3. The number of esters is 1. The summed E-state index contributed by atoms with van der Waals surface area (Å²) in [6.45, 7) is 5.25. The van der Waals surface area contributed by atoms with Gasteiger partial charge in [0.2, 0.25) is 11.8 Å². The van der Waals surface area contributed by atoms with Gasteiger partial charge in [-0.05, 0) is 66.8 Å². The van der Waals surface area contributed by atoms with Crippen LogP contribution in [0.1, 0.15) is 44.2 Å². The number of carbonyl (C=O) groups excluding carboxylic acids is 3. The third-order valence-corrected chi connectivity index (χ3v) is 7.99. The first-order valence-electron chi connectivity index (χ1n) is 12.3. The number of benzene rings is 2. The molecule has 1 aliphatic rings. The fraction of sp³-hybridized carbons (Fsp3) is 0.393. The summed E-state index contributed by atoms with van der Waals surface area (Å²) >= 11 is 7.80. The van der Waals surface area contributed by atoms with Gasteiger partial charge in [0, 0.05) is 35.8 Å². The lowest BCUT2D eigenvalue weighted by Gasteiger charge is -2.51. The zero-order chi connectivity index (χ0) is 25.7. The maximum Gasteiger partial charge on any atom is 0.305 e. The molecule has 190 valence electrons. The van der Waals surface area contributed by atoms with Crippen molar-refractivity contribution in [3.63, 3.8) is 0 Å². The molecule has 1 atom stereocenters. The molecule has 3 aromatic rings. The Labute approximate surface area is 220 Å². The van der Waals surface area contributed by atoms with E-state index in [2.05, 4.69) is 6.07 Å². The number of hydrogen-bond donors (Lipinski definition) is 0. The summed E-state index contributed by atoms with van der Waals surface area (Å²) in [5.41, 5.74) is 0.982. The molecule has 0 bridgehead atoms. The number of rotatable bonds is 10. The molecule has 1 unspecified atom stereocenters. The van der Waals surface area contributed by atoms with Gasteiger partial charge in [0.1, 0.15) is 5.54 Å². The van der Waals surface area contributed by atoms with Gasteiger partial charge in [-0.1, -0.05) is 41.9 Å². The maximum absolute atomic E-state index is 13.9. The van der Waals surface area contributed by atoms with Gasteiger partial charge in [0.05, 0.1) is 13.0 Å². The Bertz CT molecular complexity index is 1260. The van der Waals surface area contributed by atoms with E-state index >= 15 is 0 Å². The molecule has 1 saturated heterocycles. The summed E-state index contributed by atoms with van der Waals surface area (Å²) in [5, 5.41) is 3.72. The predicted molar refractivity (Wildman–Crippen MR) is 143 cm³/mol. The van der Waals surface area contributed by atoms with Crippen LogP contribution in [0.25, 0.3) is 10.1 Å². The first-order valence-corrected chi connectivity index (χ1v) is 13.5. The van der Waals surface area contributed by atoms with Crippen LogP contribution in [-0.2, 0) is 32.1 Å². The second-order valence-electron chi connectivity index (χ2n) is 9.27. The lowest BCUT2D eigenvalue weighted by atomic mass is 9.84. The third kappa shape index (κ3) is 5.73. The lowest BCUT2D eigenvalue weighted by molar-refractivity contribution is -0.164. The van der Waals surface area contributed by atoms with Crippen LogP contribution in [0.15, 0.2) is 53.9 Å². The van der Waals surface area contributed by atoms with Crippen molar-refractivity contribution in [3.8, 4) is 0 Å². The minimum atomic E-state index is -0.911. The standard InChI is InChI=1S/C28H31ClN2O4S/c1-3-35-26(33)12-7-14-30(18-20-8-6-9-22(29)16-20)27(34)28(2)13-15-31(28)25(32)17-21-19-36-24-11-5-4-10-23(21)24/h4-6,8-11,16,19H,3,7,12-15,17-18H2,1-2H3. The second-order valence-corrected chi connectivity index (χ2v) is 10.6. The molecule has 0 saturated carbocycles. The van der Waals surface area contributed by atoms with Crippen LogP contribution in [0.2, 0.25) is 5.02 Å². The van der Waals surface area contributed by atoms with E-state index in [1.165, 1.54) is 0 Å². The highest BCUT2D eigenvalue weighted by Crippen LogP contribution is 2.35. The fourth-order valence-electron chi connectivity index (χ4n) is 4.71. The summed E-state index contributed by atoms with van der Waals surface area (Å²) in [4.78, 5) is 42.5. The highest BCUT2D eigenvalue weighted by atomic mass is 35.5. The molecule has 6 nitrogen and oxygen atoms in total. The van der Waals surface area contributed by atoms with E-state index in [9.17, 15) is 14.4 Å². The molecular formula is C28H31ClN2O4S. The first kappa shape index (κ1) is 26.2. The van der Waals surface area contributed by atoms with Gasteiger partial charge in [0.25, 0.3) is 0 Å². The average molecular weight is 527 g/mol. The van der Waals surface area contributed by atoms with Crippen LogP contribution >= 0.6 is 22.9 Å². The molecule has 2 aromatic carbocycles. The van der Waals surface area contributed by atoms with Gasteiger partial charge < -0.3 is 14.5 Å². The molecule has 0 radical (unpaired) electrons. The van der Waals surface area contributed by atoms with Gasteiger partial charge in [-0.3, -0.25) is 14.4 Å². The van der Waals surface area contributed by atoms with Crippen LogP contribution in [-0.4, -0.2) is 52.8 Å². The number of fused-ring (bicyclic) bond motifs is 1. The van der Waals surface area contributed by atoms with Crippen molar-refractivity contribution in [2.45, 2.75) is 51.6 Å². The lowest BCUT2D eigenvalue weighted by Crippen LogP contribution is -2.68. The Kier molecular flexibility index (Phi) is 8.32. The molecule has 1 fully saturated rings. The van der Waals surface area contributed by atoms with Crippen molar-refractivity contribution in [1.29, 1.82) is 0 Å². The average Bonchev–Trinajstić information content (AvgIpc) is 3.24. The number of nitrogens with zero attached hydrogens (tertiary/aromatic N) is 2. The van der Waals surface area contributed by atoms with Gasteiger partial charge >= 0.3 is 5.97 Å². The Morgan fingerprint density at radius 3 is 2.69 bits per heavy atom. The van der Waals surface area contributed by atoms with Gasteiger partial charge in [-0.25, -0.2) is 0 Å². The van der Waals surface area contributed by atoms with Gasteiger partial charge in [-0.2, -0.15) is 0 Å². The van der Waals surface area contributed by atoms with E-state index in [0.717, 1.165) is 21.2 Å². The van der Waals surface area contributed by atoms with Crippen LogP contribution in [0.4, 0.5) is 0 Å². The van der Waals surface area contributed by atoms with Crippen LogP contribution in [0.3, 0.4) is 0 Å². The molecule has 1 aliphatic heterocycles. The van der Waals surface area contributed by atoms with E-state index in [4.69, 9.17) is 16.3 Å². The number of ether oxygens (including phenoxy) is 1. The number of amides is 2. The first-order chi connectivity index (χ1) is 17.3. The molecule has 0 N–H and O–H groups in total. The summed E-state index contributed by atoms with van der Waals surface area (Å²) < 4.78 is 6.18. The van der Waals surface area contributed by atoms with E-state index in [0.29, 0.717) is 44.1 Å². The molecule has 0 spiro atoms. The topological polar surface area (TPSA) is 66.9 Å². The summed E-state index contributed by atoms with van der Waals surface area (Å²) in [6.07, 6.45) is 1.59. The summed E-state index contributed by atoms with van der Waals surface area (Å²) in [5.74, 6) is -0.432. The second kappa shape index (κ2) is 11.4. The molecule has 2 heterocycles. The number of likely N-dealkylation sites (tertiary alicyclic amines) is 1. The molecule has 1 aromatic heterocycles.